The highest BCUT2D eigenvalue weighted by atomic mass is 15.5. The van der Waals surface area contributed by atoms with Crippen molar-refractivity contribution in [1.82, 2.24) is 20.3 Å². The van der Waals surface area contributed by atoms with Gasteiger partial charge < -0.3 is 5.32 Å². The molecule has 0 fully saturated rings. The van der Waals surface area contributed by atoms with Crippen molar-refractivity contribution in [2.45, 2.75) is 32.2 Å². The van der Waals surface area contributed by atoms with Crippen molar-refractivity contribution in [3.8, 4) is 0 Å². The molecule has 17 heavy (non-hydrogen) atoms. The van der Waals surface area contributed by atoms with Crippen molar-refractivity contribution >= 4 is 11.0 Å². The monoisotopic (exact) mass is 232 g/mol. The minimum absolute atomic E-state index is 0.925. The molecular formula is C13H20N4. The Morgan fingerprint density at radius 3 is 2.29 bits per heavy atom. The molecule has 1 N–H and O–H groups in total. The van der Waals surface area contributed by atoms with E-state index >= 15 is 0 Å². The Hall–Kier alpha value is -1.42. The number of rotatable bonds is 7. The third-order valence-electron chi connectivity index (χ3n) is 2.86. The number of fused-ring (bicyclic) bond motifs is 1. The SMILES string of the molecule is CNCCCCCCn1nc2ccccc2n1. The number of unbranched alkanes of at least 4 members (excludes halogenated alkanes) is 3. The largest absolute Gasteiger partial charge is 0.320 e. The Kier molecular flexibility index (Phi) is 4.50. The van der Waals surface area contributed by atoms with Crippen LogP contribution in [-0.4, -0.2) is 28.6 Å². The number of hydrogen-bond donors (Lipinski definition) is 1. The number of hydrogen-bond acceptors (Lipinski definition) is 3. The number of aryl methyl sites for hydroxylation is 1. The second-order valence-corrected chi connectivity index (χ2v) is 4.30. The Bertz CT molecular complexity index is 416. The van der Waals surface area contributed by atoms with Crippen molar-refractivity contribution in [3.63, 3.8) is 0 Å². The van der Waals surface area contributed by atoms with E-state index in [-0.39, 0.29) is 0 Å². The number of aromatic nitrogens is 3. The normalized spacial score (nSPS) is 11.1. The molecule has 0 spiro atoms. The van der Waals surface area contributed by atoms with Crippen molar-refractivity contribution in [3.05, 3.63) is 24.3 Å². The number of nitrogens with one attached hydrogen (secondary N) is 1. The fraction of sp³-hybridized carbons (Fsp3) is 0.538. The van der Waals surface area contributed by atoms with Gasteiger partial charge in [0.15, 0.2) is 0 Å². The topological polar surface area (TPSA) is 42.7 Å². The molecule has 0 aliphatic heterocycles. The molecule has 0 amide bonds. The molecule has 1 aromatic heterocycles. The van der Waals surface area contributed by atoms with Crippen LogP contribution in [0.25, 0.3) is 11.0 Å². The molecule has 2 rings (SSSR count). The van der Waals surface area contributed by atoms with E-state index in [1.54, 1.807) is 0 Å². The molecule has 0 saturated carbocycles. The van der Waals surface area contributed by atoms with E-state index in [0.717, 1.165) is 30.5 Å². The Morgan fingerprint density at radius 1 is 1.00 bits per heavy atom. The van der Waals surface area contributed by atoms with Crippen LogP contribution in [-0.2, 0) is 6.54 Å². The van der Waals surface area contributed by atoms with Gasteiger partial charge in [-0.3, -0.25) is 0 Å². The Labute approximate surface area is 102 Å². The average Bonchev–Trinajstić information content (AvgIpc) is 2.76. The minimum Gasteiger partial charge on any atom is -0.320 e. The van der Waals surface area contributed by atoms with Crippen molar-refractivity contribution in [2.24, 2.45) is 0 Å². The molecule has 4 nitrogen and oxygen atoms in total. The van der Waals surface area contributed by atoms with Crippen molar-refractivity contribution in [1.29, 1.82) is 0 Å². The summed E-state index contributed by atoms with van der Waals surface area (Å²) in [4.78, 5) is 1.82. The average molecular weight is 232 g/mol. The number of nitrogens with zero attached hydrogens (tertiary/aromatic N) is 3. The molecule has 1 heterocycles. The zero-order chi connectivity index (χ0) is 11.9. The first-order chi connectivity index (χ1) is 8.40. The summed E-state index contributed by atoms with van der Waals surface area (Å²) in [6.45, 7) is 2.04. The standard InChI is InChI=1S/C13H20N4/c1-14-10-6-2-3-7-11-17-15-12-8-4-5-9-13(12)16-17/h4-5,8-9,14H,2-3,6-7,10-11H2,1H3. The predicted octanol–water partition coefficient (Wildman–Crippen LogP) is 2.21. The van der Waals surface area contributed by atoms with Gasteiger partial charge in [-0.1, -0.05) is 25.0 Å². The predicted molar refractivity (Wildman–Crippen MR) is 69.9 cm³/mol. The van der Waals surface area contributed by atoms with Crippen molar-refractivity contribution < 1.29 is 0 Å². The third kappa shape index (κ3) is 3.53. The summed E-state index contributed by atoms with van der Waals surface area (Å²) >= 11 is 0. The third-order valence-corrected chi connectivity index (χ3v) is 2.86. The molecule has 1 aromatic carbocycles. The molecule has 0 aliphatic rings. The molecule has 0 aliphatic carbocycles. The summed E-state index contributed by atoms with van der Waals surface area (Å²) in [6, 6.07) is 8.01. The van der Waals surface area contributed by atoms with Gasteiger partial charge >= 0.3 is 0 Å². The van der Waals surface area contributed by atoms with Crippen LogP contribution >= 0.6 is 0 Å². The quantitative estimate of drug-likeness (QED) is 0.744. The van der Waals surface area contributed by atoms with Gasteiger partial charge in [-0.05, 0) is 38.6 Å². The fourth-order valence-corrected chi connectivity index (χ4v) is 1.91. The van der Waals surface area contributed by atoms with Crippen LogP contribution in [0.2, 0.25) is 0 Å². The second kappa shape index (κ2) is 6.35. The summed E-state index contributed by atoms with van der Waals surface area (Å²) < 4.78 is 0. The van der Waals surface area contributed by atoms with E-state index in [9.17, 15) is 0 Å². The van der Waals surface area contributed by atoms with Gasteiger partial charge in [0, 0.05) is 0 Å². The van der Waals surface area contributed by atoms with Crippen LogP contribution in [0, 0.1) is 0 Å². The fourth-order valence-electron chi connectivity index (χ4n) is 1.91. The molecule has 0 bridgehead atoms. The second-order valence-electron chi connectivity index (χ2n) is 4.30. The lowest BCUT2D eigenvalue weighted by Gasteiger charge is -2.00. The maximum atomic E-state index is 4.44. The molecule has 0 saturated heterocycles. The first-order valence-corrected chi connectivity index (χ1v) is 6.34. The highest BCUT2D eigenvalue weighted by Crippen LogP contribution is 2.08. The molecule has 0 radical (unpaired) electrons. The summed E-state index contributed by atoms with van der Waals surface area (Å²) in [5.41, 5.74) is 1.98. The molecule has 4 heteroatoms. The van der Waals surface area contributed by atoms with Gasteiger partial charge in [-0.25, -0.2) is 0 Å². The zero-order valence-corrected chi connectivity index (χ0v) is 10.4. The van der Waals surface area contributed by atoms with E-state index in [1.165, 1.54) is 19.3 Å². The van der Waals surface area contributed by atoms with Crippen LogP contribution in [0.5, 0.6) is 0 Å². The summed E-state index contributed by atoms with van der Waals surface area (Å²) in [7, 11) is 2.00. The van der Waals surface area contributed by atoms with Crippen LogP contribution in [0.15, 0.2) is 24.3 Å². The highest BCUT2D eigenvalue weighted by Gasteiger charge is 2.00. The molecule has 92 valence electrons. The molecule has 2 aromatic rings. The smallest absolute Gasteiger partial charge is 0.113 e. The van der Waals surface area contributed by atoms with Gasteiger partial charge in [0.2, 0.25) is 0 Å². The lowest BCUT2D eigenvalue weighted by Crippen LogP contribution is -2.07. The molecular weight excluding hydrogens is 212 g/mol. The number of benzene rings is 1. The first-order valence-electron chi connectivity index (χ1n) is 6.34. The minimum atomic E-state index is 0.925. The van der Waals surface area contributed by atoms with E-state index in [1.807, 2.05) is 36.1 Å². The Morgan fingerprint density at radius 2 is 1.65 bits per heavy atom. The van der Waals surface area contributed by atoms with Crippen LogP contribution in [0.4, 0.5) is 0 Å². The molecule has 0 atom stereocenters. The lowest BCUT2D eigenvalue weighted by atomic mass is 10.2. The summed E-state index contributed by atoms with van der Waals surface area (Å²) in [5.74, 6) is 0. The maximum absolute atomic E-state index is 4.44. The lowest BCUT2D eigenvalue weighted by molar-refractivity contribution is 0.490. The van der Waals surface area contributed by atoms with Crippen LogP contribution < -0.4 is 5.32 Å². The van der Waals surface area contributed by atoms with Crippen molar-refractivity contribution in [2.75, 3.05) is 13.6 Å². The van der Waals surface area contributed by atoms with Gasteiger partial charge in [0.05, 0.1) is 6.54 Å². The zero-order valence-electron chi connectivity index (χ0n) is 10.4. The van der Waals surface area contributed by atoms with Crippen LogP contribution in [0.3, 0.4) is 0 Å². The van der Waals surface area contributed by atoms with E-state index in [2.05, 4.69) is 15.5 Å². The van der Waals surface area contributed by atoms with Crippen LogP contribution in [0.1, 0.15) is 25.7 Å². The van der Waals surface area contributed by atoms with Gasteiger partial charge in [-0.2, -0.15) is 15.0 Å². The van der Waals surface area contributed by atoms with Gasteiger partial charge in [0.25, 0.3) is 0 Å². The van der Waals surface area contributed by atoms with Gasteiger partial charge in [0.1, 0.15) is 11.0 Å². The van der Waals surface area contributed by atoms with E-state index < -0.39 is 0 Å². The summed E-state index contributed by atoms with van der Waals surface area (Å²) in [6.07, 6.45) is 4.94. The molecule has 0 unspecified atom stereocenters. The van der Waals surface area contributed by atoms with E-state index in [0.29, 0.717) is 0 Å². The first kappa shape index (κ1) is 12.0. The van der Waals surface area contributed by atoms with Gasteiger partial charge in [-0.15, -0.1) is 0 Å². The summed E-state index contributed by atoms with van der Waals surface area (Å²) in [5, 5.41) is 12.0. The highest BCUT2D eigenvalue weighted by molar-refractivity contribution is 5.72. The Balaban J connectivity index is 1.75. The van der Waals surface area contributed by atoms with E-state index in [4.69, 9.17) is 0 Å². The maximum Gasteiger partial charge on any atom is 0.113 e.